The van der Waals surface area contributed by atoms with Crippen LogP contribution in [0.1, 0.15) is 12.0 Å². The van der Waals surface area contributed by atoms with Crippen LogP contribution in [0.4, 0.5) is 10.1 Å². The van der Waals surface area contributed by atoms with E-state index in [9.17, 15) is 4.39 Å². The summed E-state index contributed by atoms with van der Waals surface area (Å²) in [6.07, 6.45) is 1.12. The van der Waals surface area contributed by atoms with Crippen LogP contribution in [0.5, 0.6) is 0 Å². The average Bonchev–Trinajstić information content (AvgIpc) is 2.49. The van der Waals surface area contributed by atoms with Gasteiger partial charge in [-0.15, -0.1) is 0 Å². The van der Waals surface area contributed by atoms with Crippen LogP contribution in [-0.4, -0.2) is 58.4 Å². The number of rotatable bonds is 7. The molecule has 0 amide bonds. The molecule has 1 aliphatic rings. The first kappa shape index (κ1) is 16.2. The predicted molar refractivity (Wildman–Crippen MR) is 84.3 cm³/mol. The molecular formula is C16H26FN3O. The molecule has 0 aromatic heterocycles. The van der Waals surface area contributed by atoms with E-state index in [1.54, 1.807) is 6.07 Å². The fourth-order valence-corrected chi connectivity index (χ4v) is 2.47. The number of hydrogen-bond acceptors (Lipinski definition) is 4. The van der Waals surface area contributed by atoms with Crippen LogP contribution in [0.15, 0.2) is 18.2 Å². The molecule has 0 aliphatic carbocycles. The van der Waals surface area contributed by atoms with Gasteiger partial charge in [0, 0.05) is 19.6 Å². The van der Waals surface area contributed by atoms with Crippen molar-refractivity contribution < 1.29 is 9.13 Å². The van der Waals surface area contributed by atoms with Crippen LogP contribution in [0, 0.1) is 5.82 Å². The number of ether oxygens (including phenoxy) is 1. The molecule has 1 aliphatic heterocycles. The molecule has 2 rings (SSSR count). The zero-order valence-corrected chi connectivity index (χ0v) is 13.1. The summed E-state index contributed by atoms with van der Waals surface area (Å²) < 4.78 is 19.3. The van der Waals surface area contributed by atoms with E-state index >= 15 is 0 Å². The SMILES string of the molecule is CN(C)CCCNCc1ccc(F)c(N2CCOCC2)c1. The summed E-state index contributed by atoms with van der Waals surface area (Å²) in [6.45, 7) is 5.70. The zero-order valence-electron chi connectivity index (χ0n) is 13.1. The van der Waals surface area contributed by atoms with Crippen molar-refractivity contribution in [3.05, 3.63) is 29.6 Å². The Bertz CT molecular complexity index is 434. The summed E-state index contributed by atoms with van der Waals surface area (Å²) in [5, 5.41) is 3.41. The number of hydrogen-bond donors (Lipinski definition) is 1. The lowest BCUT2D eigenvalue weighted by molar-refractivity contribution is 0.122. The normalized spacial score (nSPS) is 15.7. The summed E-state index contributed by atoms with van der Waals surface area (Å²) in [5.41, 5.74) is 1.83. The lowest BCUT2D eigenvalue weighted by atomic mass is 10.1. The van der Waals surface area contributed by atoms with Gasteiger partial charge in [-0.3, -0.25) is 0 Å². The quantitative estimate of drug-likeness (QED) is 0.775. The van der Waals surface area contributed by atoms with Gasteiger partial charge in [0.25, 0.3) is 0 Å². The molecule has 0 unspecified atom stereocenters. The number of anilines is 1. The van der Waals surface area contributed by atoms with E-state index < -0.39 is 0 Å². The summed E-state index contributed by atoms with van der Waals surface area (Å²) in [6, 6.07) is 5.39. The van der Waals surface area contributed by atoms with Crippen molar-refractivity contribution in [2.45, 2.75) is 13.0 Å². The van der Waals surface area contributed by atoms with Crippen molar-refractivity contribution >= 4 is 5.69 Å². The van der Waals surface area contributed by atoms with Crippen molar-refractivity contribution in [3.8, 4) is 0 Å². The number of nitrogens with one attached hydrogen (secondary N) is 1. The number of morpholine rings is 1. The van der Waals surface area contributed by atoms with Gasteiger partial charge in [-0.05, 0) is 51.3 Å². The van der Waals surface area contributed by atoms with Crippen molar-refractivity contribution in [2.75, 3.05) is 58.4 Å². The van der Waals surface area contributed by atoms with E-state index in [0.29, 0.717) is 18.9 Å². The van der Waals surface area contributed by atoms with Gasteiger partial charge in [-0.25, -0.2) is 4.39 Å². The van der Waals surface area contributed by atoms with Crippen LogP contribution in [0.25, 0.3) is 0 Å². The molecule has 118 valence electrons. The second-order valence-electron chi connectivity index (χ2n) is 5.72. The van der Waals surface area contributed by atoms with E-state index in [1.165, 1.54) is 0 Å². The molecule has 4 nitrogen and oxygen atoms in total. The molecule has 1 aromatic rings. The lowest BCUT2D eigenvalue weighted by Crippen LogP contribution is -2.36. The monoisotopic (exact) mass is 295 g/mol. The van der Waals surface area contributed by atoms with Gasteiger partial charge in [0.2, 0.25) is 0 Å². The fourth-order valence-electron chi connectivity index (χ4n) is 2.47. The van der Waals surface area contributed by atoms with E-state index in [1.807, 2.05) is 12.1 Å². The van der Waals surface area contributed by atoms with Crippen molar-refractivity contribution in [2.24, 2.45) is 0 Å². The Balaban J connectivity index is 1.86. The zero-order chi connectivity index (χ0) is 15.1. The molecular weight excluding hydrogens is 269 g/mol. The van der Waals surface area contributed by atoms with E-state index in [0.717, 1.165) is 44.7 Å². The number of benzene rings is 1. The molecule has 5 heteroatoms. The maximum Gasteiger partial charge on any atom is 0.146 e. The summed E-state index contributed by atoms with van der Waals surface area (Å²) in [5.74, 6) is -0.145. The Morgan fingerprint density at radius 2 is 2.05 bits per heavy atom. The number of nitrogens with zero attached hydrogens (tertiary/aromatic N) is 2. The average molecular weight is 295 g/mol. The first-order chi connectivity index (χ1) is 10.2. The highest BCUT2D eigenvalue weighted by molar-refractivity contribution is 5.50. The van der Waals surface area contributed by atoms with Gasteiger partial charge in [0.1, 0.15) is 5.82 Å². The van der Waals surface area contributed by atoms with E-state index in [2.05, 4.69) is 29.2 Å². The molecule has 0 atom stereocenters. The Morgan fingerprint density at radius 3 is 2.76 bits per heavy atom. The Morgan fingerprint density at radius 1 is 1.29 bits per heavy atom. The third kappa shape index (κ3) is 5.26. The van der Waals surface area contributed by atoms with Gasteiger partial charge >= 0.3 is 0 Å². The van der Waals surface area contributed by atoms with Crippen molar-refractivity contribution in [3.63, 3.8) is 0 Å². The van der Waals surface area contributed by atoms with Crippen molar-refractivity contribution in [1.29, 1.82) is 0 Å². The minimum atomic E-state index is -0.145. The highest BCUT2D eigenvalue weighted by Gasteiger charge is 2.15. The second-order valence-corrected chi connectivity index (χ2v) is 5.72. The summed E-state index contributed by atoms with van der Waals surface area (Å²) in [7, 11) is 4.16. The largest absolute Gasteiger partial charge is 0.378 e. The maximum atomic E-state index is 14.0. The van der Waals surface area contributed by atoms with Gasteiger partial charge in [0.05, 0.1) is 18.9 Å². The minimum Gasteiger partial charge on any atom is -0.378 e. The molecule has 1 fully saturated rings. The third-order valence-corrected chi connectivity index (χ3v) is 3.65. The standard InChI is InChI=1S/C16H26FN3O/c1-19(2)7-3-6-18-13-14-4-5-15(17)16(12-14)20-8-10-21-11-9-20/h4-5,12,18H,3,6-11,13H2,1-2H3. The fraction of sp³-hybridized carbons (Fsp3) is 0.625. The van der Waals surface area contributed by atoms with Gasteiger partial charge in [-0.1, -0.05) is 6.07 Å². The number of halogens is 1. The van der Waals surface area contributed by atoms with E-state index in [4.69, 9.17) is 4.74 Å². The summed E-state index contributed by atoms with van der Waals surface area (Å²) in [4.78, 5) is 4.24. The lowest BCUT2D eigenvalue weighted by Gasteiger charge is -2.29. The molecule has 0 spiro atoms. The maximum absolute atomic E-state index is 14.0. The topological polar surface area (TPSA) is 27.7 Å². The smallest absolute Gasteiger partial charge is 0.146 e. The molecule has 0 radical (unpaired) electrons. The second kappa shape index (κ2) is 8.32. The molecule has 0 bridgehead atoms. The molecule has 1 N–H and O–H groups in total. The van der Waals surface area contributed by atoms with Gasteiger partial charge in [-0.2, -0.15) is 0 Å². The van der Waals surface area contributed by atoms with Gasteiger partial charge < -0.3 is 19.9 Å². The minimum absolute atomic E-state index is 0.145. The van der Waals surface area contributed by atoms with E-state index in [-0.39, 0.29) is 5.82 Å². The van der Waals surface area contributed by atoms with Crippen LogP contribution >= 0.6 is 0 Å². The van der Waals surface area contributed by atoms with Crippen LogP contribution < -0.4 is 10.2 Å². The highest BCUT2D eigenvalue weighted by Crippen LogP contribution is 2.22. The Hall–Kier alpha value is -1.17. The van der Waals surface area contributed by atoms with Crippen LogP contribution in [-0.2, 0) is 11.3 Å². The van der Waals surface area contributed by atoms with Crippen LogP contribution in [0.3, 0.4) is 0 Å². The first-order valence-electron chi connectivity index (χ1n) is 7.63. The molecule has 1 saturated heterocycles. The van der Waals surface area contributed by atoms with Crippen LogP contribution in [0.2, 0.25) is 0 Å². The van der Waals surface area contributed by atoms with Crippen molar-refractivity contribution in [1.82, 2.24) is 10.2 Å². The molecule has 21 heavy (non-hydrogen) atoms. The molecule has 0 saturated carbocycles. The summed E-state index contributed by atoms with van der Waals surface area (Å²) >= 11 is 0. The first-order valence-corrected chi connectivity index (χ1v) is 7.63. The van der Waals surface area contributed by atoms with Gasteiger partial charge in [0.15, 0.2) is 0 Å². The highest BCUT2D eigenvalue weighted by atomic mass is 19.1. The molecule has 1 heterocycles. The Kier molecular flexibility index (Phi) is 6.42. The Labute approximate surface area is 126 Å². The third-order valence-electron chi connectivity index (χ3n) is 3.65. The predicted octanol–water partition coefficient (Wildman–Crippen LogP) is 1.70. The molecule has 1 aromatic carbocycles.